The number of carbonyl (C=O) groups is 1. The van der Waals surface area contributed by atoms with Crippen LogP contribution in [0, 0.1) is 11.3 Å². The van der Waals surface area contributed by atoms with Gasteiger partial charge in [0.15, 0.2) is 5.57 Å². The van der Waals surface area contributed by atoms with E-state index >= 15 is 0 Å². The van der Waals surface area contributed by atoms with Gasteiger partial charge in [-0.05, 0) is 30.4 Å². The van der Waals surface area contributed by atoms with Crippen molar-refractivity contribution in [3.8, 4) is 6.07 Å². The lowest BCUT2D eigenvalue weighted by Crippen LogP contribution is -2.39. The SMILES string of the molecule is C=CCn1c(=C(C#N)C(=O)NC2CCCCC2)sc(=Cc2cccs2)c1=O. The molecule has 2 aromatic rings. The summed E-state index contributed by atoms with van der Waals surface area (Å²) in [6, 6.07) is 5.96. The summed E-state index contributed by atoms with van der Waals surface area (Å²) in [7, 11) is 0. The molecule has 0 saturated heterocycles. The van der Waals surface area contributed by atoms with Gasteiger partial charge in [0, 0.05) is 17.5 Å². The minimum Gasteiger partial charge on any atom is -0.349 e. The molecule has 0 aliphatic heterocycles. The van der Waals surface area contributed by atoms with E-state index in [2.05, 4.69) is 11.9 Å². The fourth-order valence-electron chi connectivity index (χ4n) is 3.20. The Morgan fingerprint density at radius 3 is 2.81 bits per heavy atom. The zero-order valence-corrected chi connectivity index (χ0v) is 16.6. The van der Waals surface area contributed by atoms with Gasteiger partial charge in [-0.25, -0.2) is 0 Å². The van der Waals surface area contributed by atoms with Gasteiger partial charge in [0.2, 0.25) is 0 Å². The van der Waals surface area contributed by atoms with Gasteiger partial charge in [-0.15, -0.1) is 29.3 Å². The van der Waals surface area contributed by atoms with Crippen LogP contribution in [-0.2, 0) is 11.3 Å². The monoisotopic (exact) mass is 399 g/mol. The molecule has 2 heterocycles. The van der Waals surface area contributed by atoms with Crippen LogP contribution in [0.1, 0.15) is 37.0 Å². The van der Waals surface area contributed by atoms with Crippen LogP contribution in [0.5, 0.6) is 0 Å². The molecule has 1 aliphatic carbocycles. The van der Waals surface area contributed by atoms with Gasteiger partial charge in [0.1, 0.15) is 10.7 Å². The highest BCUT2D eigenvalue weighted by atomic mass is 32.1. The lowest BCUT2D eigenvalue weighted by atomic mass is 9.95. The third kappa shape index (κ3) is 4.46. The number of nitriles is 1. The van der Waals surface area contributed by atoms with Gasteiger partial charge >= 0.3 is 0 Å². The van der Waals surface area contributed by atoms with Crippen molar-refractivity contribution in [2.24, 2.45) is 0 Å². The first-order valence-electron chi connectivity index (χ1n) is 8.95. The molecule has 140 valence electrons. The molecule has 7 heteroatoms. The summed E-state index contributed by atoms with van der Waals surface area (Å²) in [6.07, 6.45) is 8.64. The van der Waals surface area contributed by atoms with E-state index in [1.54, 1.807) is 12.2 Å². The average Bonchev–Trinajstić information content (AvgIpc) is 3.28. The van der Waals surface area contributed by atoms with Crippen LogP contribution >= 0.6 is 22.7 Å². The molecule has 1 amide bonds. The number of nitrogens with zero attached hydrogens (tertiary/aromatic N) is 2. The predicted molar refractivity (Wildman–Crippen MR) is 110 cm³/mol. The van der Waals surface area contributed by atoms with Crippen molar-refractivity contribution in [1.82, 2.24) is 9.88 Å². The Kier molecular flexibility index (Phi) is 6.43. The van der Waals surface area contributed by atoms with E-state index in [0.29, 0.717) is 9.20 Å². The highest BCUT2D eigenvalue weighted by Crippen LogP contribution is 2.17. The predicted octanol–water partition coefficient (Wildman–Crippen LogP) is 2.11. The largest absolute Gasteiger partial charge is 0.349 e. The number of thiophene rings is 1. The lowest BCUT2D eigenvalue weighted by molar-refractivity contribution is -0.116. The Hall–Kier alpha value is -2.43. The van der Waals surface area contributed by atoms with Gasteiger partial charge in [-0.2, -0.15) is 5.26 Å². The molecule has 1 fully saturated rings. The second-order valence-electron chi connectivity index (χ2n) is 6.43. The first-order valence-corrected chi connectivity index (χ1v) is 10.6. The van der Waals surface area contributed by atoms with Crippen molar-refractivity contribution in [3.63, 3.8) is 0 Å². The maximum atomic E-state index is 12.8. The topological polar surface area (TPSA) is 74.9 Å². The zero-order chi connectivity index (χ0) is 19.2. The second-order valence-corrected chi connectivity index (χ2v) is 8.44. The van der Waals surface area contributed by atoms with Crippen LogP contribution < -0.4 is 20.1 Å². The van der Waals surface area contributed by atoms with Crippen molar-refractivity contribution in [2.45, 2.75) is 44.7 Å². The molecule has 0 unspecified atom stereocenters. The number of amides is 1. The van der Waals surface area contributed by atoms with E-state index in [-0.39, 0.29) is 23.7 Å². The smallest absolute Gasteiger partial charge is 0.269 e. The summed E-state index contributed by atoms with van der Waals surface area (Å²) < 4.78 is 2.35. The molecule has 27 heavy (non-hydrogen) atoms. The fourth-order valence-corrected chi connectivity index (χ4v) is 5.03. The van der Waals surface area contributed by atoms with Crippen molar-refractivity contribution in [1.29, 1.82) is 5.26 Å². The first-order chi connectivity index (χ1) is 13.1. The fraction of sp³-hybridized carbons (Fsp3) is 0.350. The second kappa shape index (κ2) is 8.98. The Morgan fingerprint density at radius 1 is 1.41 bits per heavy atom. The third-order valence-corrected chi connectivity index (χ3v) is 6.48. The Bertz CT molecular complexity index is 1030. The van der Waals surface area contributed by atoms with E-state index in [1.165, 1.54) is 33.7 Å². The minimum absolute atomic E-state index is 0.00430. The van der Waals surface area contributed by atoms with Gasteiger partial charge in [-0.1, -0.05) is 31.4 Å². The third-order valence-electron chi connectivity index (χ3n) is 4.53. The summed E-state index contributed by atoms with van der Waals surface area (Å²) in [4.78, 5) is 26.5. The summed E-state index contributed by atoms with van der Waals surface area (Å²) >= 11 is 2.71. The van der Waals surface area contributed by atoms with Crippen molar-refractivity contribution < 1.29 is 4.79 Å². The standard InChI is InChI=1S/C20H21N3O2S2/c1-2-10-23-19(25)17(12-15-9-6-11-26-15)27-20(23)16(13-21)18(24)22-14-7-4-3-5-8-14/h2,6,9,11-12,14H,1,3-5,7-8,10H2,(H,22,24). The Morgan fingerprint density at radius 2 is 2.19 bits per heavy atom. The molecular formula is C20H21N3O2S2. The molecule has 1 aliphatic rings. The van der Waals surface area contributed by atoms with E-state index in [1.807, 2.05) is 23.6 Å². The minimum atomic E-state index is -0.397. The molecule has 0 atom stereocenters. The van der Waals surface area contributed by atoms with Crippen molar-refractivity contribution >= 4 is 40.2 Å². The summed E-state index contributed by atoms with van der Waals surface area (Å²) in [5, 5.41) is 14.5. The quantitative estimate of drug-likeness (QED) is 0.783. The summed E-state index contributed by atoms with van der Waals surface area (Å²) in [6.45, 7) is 3.95. The molecule has 1 saturated carbocycles. The Balaban J connectivity index is 2.08. The molecule has 0 aromatic carbocycles. The van der Waals surface area contributed by atoms with Crippen LogP contribution in [0.3, 0.4) is 0 Å². The maximum absolute atomic E-state index is 12.8. The highest BCUT2D eigenvalue weighted by molar-refractivity contribution is 7.11. The molecule has 2 aromatic heterocycles. The van der Waals surface area contributed by atoms with Gasteiger partial charge in [-0.3, -0.25) is 14.2 Å². The molecule has 0 radical (unpaired) electrons. The van der Waals surface area contributed by atoms with Crippen LogP contribution in [-0.4, -0.2) is 16.5 Å². The van der Waals surface area contributed by atoms with Crippen molar-refractivity contribution in [3.05, 3.63) is 54.6 Å². The van der Waals surface area contributed by atoms with Crippen molar-refractivity contribution in [2.75, 3.05) is 0 Å². The number of rotatable bonds is 5. The number of hydrogen-bond acceptors (Lipinski definition) is 5. The van der Waals surface area contributed by atoms with Crippen LogP contribution in [0.2, 0.25) is 0 Å². The first kappa shape index (κ1) is 19.3. The summed E-state index contributed by atoms with van der Waals surface area (Å²) in [5.74, 6) is -0.397. The van der Waals surface area contributed by atoms with Crippen LogP contribution in [0.25, 0.3) is 11.6 Å². The van der Waals surface area contributed by atoms with Gasteiger partial charge in [0.05, 0.1) is 4.53 Å². The number of nitrogens with one attached hydrogen (secondary N) is 1. The lowest BCUT2D eigenvalue weighted by Gasteiger charge is -2.22. The molecule has 0 bridgehead atoms. The van der Waals surface area contributed by atoms with E-state index in [4.69, 9.17) is 0 Å². The average molecular weight is 400 g/mol. The molecule has 3 rings (SSSR count). The maximum Gasteiger partial charge on any atom is 0.269 e. The number of thiazole rings is 1. The van der Waals surface area contributed by atoms with E-state index in [0.717, 1.165) is 30.6 Å². The van der Waals surface area contributed by atoms with Gasteiger partial charge in [0.25, 0.3) is 11.5 Å². The molecule has 0 spiro atoms. The van der Waals surface area contributed by atoms with Crippen LogP contribution in [0.4, 0.5) is 0 Å². The van der Waals surface area contributed by atoms with E-state index in [9.17, 15) is 14.9 Å². The number of carbonyl (C=O) groups excluding carboxylic acids is 1. The molecular weight excluding hydrogens is 378 g/mol. The Labute approximate surface area is 165 Å². The summed E-state index contributed by atoms with van der Waals surface area (Å²) in [5.41, 5.74) is -0.211. The van der Waals surface area contributed by atoms with Crippen LogP contribution in [0.15, 0.2) is 35.0 Å². The number of aromatic nitrogens is 1. The zero-order valence-electron chi connectivity index (χ0n) is 14.9. The number of hydrogen-bond donors (Lipinski definition) is 1. The number of allylic oxidation sites excluding steroid dienone is 1. The van der Waals surface area contributed by atoms with E-state index < -0.39 is 5.91 Å². The molecule has 5 nitrogen and oxygen atoms in total. The van der Waals surface area contributed by atoms with Gasteiger partial charge < -0.3 is 5.32 Å². The normalized spacial score (nSPS) is 16.6. The highest BCUT2D eigenvalue weighted by Gasteiger charge is 2.20. The molecule has 1 N–H and O–H groups in total.